The number of ether oxygens (including phenoxy) is 2. The largest absolute Gasteiger partial charge is 0.383 e. The number of nitrogens with one attached hydrogen (secondary N) is 2. The van der Waals surface area contributed by atoms with Crippen molar-refractivity contribution in [3.63, 3.8) is 0 Å². The molecule has 0 saturated carbocycles. The van der Waals surface area contributed by atoms with Crippen LogP contribution in [0, 0.1) is 13.8 Å². The van der Waals surface area contributed by atoms with Gasteiger partial charge in [0.25, 0.3) is 0 Å². The van der Waals surface area contributed by atoms with Crippen LogP contribution in [0.5, 0.6) is 0 Å². The fourth-order valence-corrected chi connectivity index (χ4v) is 4.04. The number of carbonyl (C=O) groups is 3. The summed E-state index contributed by atoms with van der Waals surface area (Å²) in [5.41, 5.74) is 1.61. The quantitative estimate of drug-likeness (QED) is 0.473. The molecule has 0 aliphatic carbocycles. The second-order valence-electron chi connectivity index (χ2n) is 8.59. The van der Waals surface area contributed by atoms with Crippen molar-refractivity contribution >= 4 is 23.5 Å². The molecule has 1 fully saturated rings. The maximum absolute atomic E-state index is 13.4. The Morgan fingerprint density at radius 2 is 2.03 bits per heavy atom. The van der Waals surface area contributed by atoms with Crippen molar-refractivity contribution < 1.29 is 28.4 Å². The second kappa shape index (κ2) is 13.0. The van der Waals surface area contributed by atoms with E-state index in [1.807, 2.05) is 31.2 Å². The van der Waals surface area contributed by atoms with Crippen LogP contribution in [0.4, 0.5) is 5.82 Å². The summed E-state index contributed by atoms with van der Waals surface area (Å²) in [7, 11) is 1.54. The van der Waals surface area contributed by atoms with Gasteiger partial charge in [-0.2, -0.15) is 0 Å². The van der Waals surface area contributed by atoms with E-state index in [0.29, 0.717) is 24.7 Å². The zero-order valence-corrected chi connectivity index (χ0v) is 20.5. The Bertz CT molecular complexity index is 1000. The first-order valence-corrected chi connectivity index (χ1v) is 11.9. The molecular formula is C25H34N4O6. The van der Waals surface area contributed by atoms with E-state index in [-0.39, 0.29) is 49.8 Å². The fourth-order valence-electron chi connectivity index (χ4n) is 4.04. The van der Waals surface area contributed by atoms with E-state index in [9.17, 15) is 14.4 Å². The molecule has 0 bridgehead atoms. The number of benzene rings is 1. The van der Waals surface area contributed by atoms with Gasteiger partial charge in [-0.05, 0) is 37.8 Å². The lowest BCUT2D eigenvalue weighted by Crippen LogP contribution is -2.46. The molecule has 2 aromatic rings. The molecule has 35 heavy (non-hydrogen) atoms. The fraction of sp³-hybridized carbons (Fsp3) is 0.520. The highest BCUT2D eigenvalue weighted by atomic mass is 16.5. The lowest BCUT2D eigenvalue weighted by Gasteiger charge is -2.32. The highest BCUT2D eigenvalue weighted by Gasteiger charge is 2.33. The van der Waals surface area contributed by atoms with Gasteiger partial charge < -0.3 is 29.5 Å². The van der Waals surface area contributed by atoms with Crippen LogP contribution >= 0.6 is 0 Å². The maximum Gasteiger partial charge on any atom is 0.247 e. The summed E-state index contributed by atoms with van der Waals surface area (Å²) in [5, 5.41) is 9.31. The van der Waals surface area contributed by atoms with Gasteiger partial charge >= 0.3 is 0 Å². The monoisotopic (exact) mass is 486 g/mol. The summed E-state index contributed by atoms with van der Waals surface area (Å²) < 4.78 is 15.8. The van der Waals surface area contributed by atoms with E-state index in [2.05, 4.69) is 15.8 Å². The molecule has 2 atom stereocenters. The lowest BCUT2D eigenvalue weighted by molar-refractivity contribution is -0.142. The Morgan fingerprint density at radius 1 is 1.23 bits per heavy atom. The number of anilines is 1. The van der Waals surface area contributed by atoms with Crippen LogP contribution in [0.3, 0.4) is 0 Å². The van der Waals surface area contributed by atoms with Gasteiger partial charge in [-0.15, -0.1) is 0 Å². The zero-order valence-electron chi connectivity index (χ0n) is 20.5. The van der Waals surface area contributed by atoms with Crippen molar-refractivity contribution in [2.45, 2.75) is 51.7 Å². The molecule has 1 aromatic carbocycles. The molecule has 0 unspecified atom stereocenters. The summed E-state index contributed by atoms with van der Waals surface area (Å²) in [6, 6.07) is 8.21. The Kier molecular flexibility index (Phi) is 9.80. The number of nitrogens with zero attached hydrogens (tertiary/aromatic N) is 2. The molecule has 1 aliphatic heterocycles. The van der Waals surface area contributed by atoms with Crippen molar-refractivity contribution in [2.75, 3.05) is 38.7 Å². The van der Waals surface area contributed by atoms with Crippen LogP contribution in [0.25, 0.3) is 0 Å². The van der Waals surface area contributed by atoms with Crippen molar-refractivity contribution in [3.8, 4) is 0 Å². The third-order valence-electron chi connectivity index (χ3n) is 5.89. The third-order valence-corrected chi connectivity index (χ3v) is 5.89. The van der Waals surface area contributed by atoms with Gasteiger partial charge in [0.05, 0.1) is 12.7 Å². The predicted octanol–water partition coefficient (Wildman–Crippen LogP) is 2.52. The average Bonchev–Trinajstić information content (AvgIpc) is 3.51. The summed E-state index contributed by atoms with van der Waals surface area (Å²) in [6.07, 6.45) is 1.70. The Morgan fingerprint density at radius 3 is 2.69 bits per heavy atom. The van der Waals surface area contributed by atoms with Gasteiger partial charge in [0.2, 0.25) is 17.7 Å². The minimum atomic E-state index is -0.860. The van der Waals surface area contributed by atoms with Gasteiger partial charge in [-0.1, -0.05) is 29.4 Å². The molecule has 1 aromatic heterocycles. The Balaban J connectivity index is 1.75. The smallest absolute Gasteiger partial charge is 0.247 e. The first kappa shape index (κ1) is 26.4. The van der Waals surface area contributed by atoms with Gasteiger partial charge in [0.15, 0.2) is 5.82 Å². The summed E-state index contributed by atoms with van der Waals surface area (Å²) in [6.45, 7) is 5.14. The summed E-state index contributed by atoms with van der Waals surface area (Å²) in [5.74, 6) is -0.121. The SMILES string of the molecule is COCCN(C(=O)CCC(=O)Nc1cc(C)on1)[C@H](C(=O)NC[C@@H]1CCCO1)c1ccccc1C. The van der Waals surface area contributed by atoms with Crippen LogP contribution in [0.15, 0.2) is 34.9 Å². The minimum Gasteiger partial charge on any atom is -0.383 e. The van der Waals surface area contributed by atoms with Gasteiger partial charge in [0.1, 0.15) is 11.8 Å². The molecule has 3 amide bonds. The number of methoxy groups -OCH3 is 1. The van der Waals surface area contributed by atoms with E-state index in [4.69, 9.17) is 14.0 Å². The number of carbonyl (C=O) groups excluding carboxylic acids is 3. The number of aryl methyl sites for hydroxylation is 2. The highest BCUT2D eigenvalue weighted by molar-refractivity contribution is 5.94. The molecule has 0 radical (unpaired) electrons. The highest BCUT2D eigenvalue weighted by Crippen LogP contribution is 2.26. The first-order valence-electron chi connectivity index (χ1n) is 11.9. The Labute approximate surface area is 205 Å². The van der Waals surface area contributed by atoms with Gasteiger partial charge in [0, 0.05) is 45.7 Å². The van der Waals surface area contributed by atoms with Crippen LogP contribution in [-0.2, 0) is 23.9 Å². The summed E-state index contributed by atoms with van der Waals surface area (Å²) in [4.78, 5) is 40.6. The van der Waals surface area contributed by atoms with Gasteiger partial charge in [-0.3, -0.25) is 14.4 Å². The molecular weight excluding hydrogens is 452 g/mol. The normalized spacial score (nSPS) is 16.0. The molecule has 0 spiro atoms. The van der Waals surface area contributed by atoms with Gasteiger partial charge in [-0.25, -0.2) is 0 Å². The van der Waals surface area contributed by atoms with E-state index in [1.165, 1.54) is 12.0 Å². The molecule has 3 rings (SSSR count). The van der Waals surface area contributed by atoms with Crippen molar-refractivity contribution in [1.82, 2.24) is 15.4 Å². The number of rotatable bonds is 12. The molecule has 10 nitrogen and oxygen atoms in total. The molecule has 1 saturated heterocycles. The Hall–Kier alpha value is -3.24. The van der Waals surface area contributed by atoms with Crippen molar-refractivity contribution in [2.24, 2.45) is 0 Å². The van der Waals surface area contributed by atoms with Crippen molar-refractivity contribution in [3.05, 3.63) is 47.2 Å². The molecule has 10 heteroatoms. The van der Waals surface area contributed by atoms with Crippen LogP contribution < -0.4 is 10.6 Å². The van der Waals surface area contributed by atoms with E-state index >= 15 is 0 Å². The van der Waals surface area contributed by atoms with Crippen LogP contribution in [-0.4, -0.2) is 67.3 Å². The lowest BCUT2D eigenvalue weighted by atomic mass is 9.98. The van der Waals surface area contributed by atoms with E-state index in [1.54, 1.807) is 13.0 Å². The van der Waals surface area contributed by atoms with Crippen LogP contribution in [0.2, 0.25) is 0 Å². The number of hydrogen-bond donors (Lipinski definition) is 2. The van der Waals surface area contributed by atoms with E-state index < -0.39 is 6.04 Å². The van der Waals surface area contributed by atoms with Crippen LogP contribution in [0.1, 0.15) is 48.6 Å². The predicted molar refractivity (Wildman–Crippen MR) is 129 cm³/mol. The average molecular weight is 487 g/mol. The second-order valence-corrected chi connectivity index (χ2v) is 8.59. The first-order chi connectivity index (χ1) is 16.9. The number of aromatic nitrogens is 1. The standard InChI is InChI=1S/C25H34N4O6/c1-17-7-4-5-9-20(17)24(25(32)26-16-19-8-6-13-34-19)29(12-14-33-3)23(31)11-10-22(30)27-21-15-18(2)35-28-21/h4-5,7,9,15,19,24H,6,8,10-14,16H2,1-3H3,(H,26,32)(H,27,28,30)/t19-,24-/m0/s1. The number of amides is 3. The number of hydrogen-bond acceptors (Lipinski definition) is 7. The zero-order chi connectivity index (χ0) is 25.2. The third kappa shape index (κ3) is 7.63. The minimum absolute atomic E-state index is 0.0246. The van der Waals surface area contributed by atoms with E-state index in [0.717, 1.165) is 24.0 Å². The molecule has 2 heterocycles. The summed E-state index contributed by atoms with van der Waals surface area (Å²) >= 11 is 0. The molecule has 2 N–H and O–H groups in total. The van der Waals surface area contributed by atoms with Crippen molar-refractivity contribution in [1.29, 1.82) is 0 Å². The molecule has 1 aliphatic rings. The topological polar surface area (TPSA) is 123 Å². The molecule has 190 valence electrons. The maximum atomic E-state index is 13.4.